The molecule has 1 aromatic rings. The van der Waals surface area contributed by atoms with Gasteiger partial charge in [0.25, 0.3) is 0 Å². The number of carbonyl (C=O) groups is 5. The molecule has 0 bridgehead atoms. The number of aliphatic hydroxyl groups excluding tert-OH is 2. The Morgan fingerprint density at radius 2 is 1.59 bits per heavy atom. The highest BCUT2D eigenvalue weighted by atomic mass is 16.4. The van der Waals surface area contributed by atoms with Crippen LogP contribution in [0.1, 0.15) is 38.7 Å². The number of hydrogen-bond acceptors (Lipinski definition) is 8. The average molecular weight is 550 g/mol. The van der Waals surface area contributed by atoms with Crippen LogP contribution in [0, 0.1) is 5.92 Å². The van der Waals surface area contributed by atoms with E-state index in [1.54, 1.807) is 30.3 Å². The number of amides is 4. The van der Waals surface area contributed by atoms with Gasteiger partial charge in [-0.05, 0) is 30.7 Å². The topological polar surface area (TPSA) is 211 Å². The van der Waals surface area contributed by atoms with Crippen LogP contribution in [0.4, 0.5) is 0 Å². The largest absolute Gasteiger partial charge is 0.480 e. The molecule has 1 saturated heterocycles. The fourth-order valence-electron chi connectivity index (χ4n) is 4.34. The first-order chi connectivity index (χ1) is 18.5. The molecular formula is C26H39N5O8. The van der Waals surface area contributed by atoms with Crippen molar-refractivity contribution in [2.45, 2.75) is 69.7 Å². The molecule has 0 aromatic heterocycles. The van der Waals surface area contributed by atoms with Gasteiger partial charge in [-0.1, -0.05) is 44.2 Å². The van der Waals surface area contributed by atoms with Crippen molar-refractivity contribution in [3.63, 3.8) is 0 Å². The van der Waals surface area contributed by atoms with Crippen molar-refractivity contribution in [2.75, 3.05) is 19.8 Å². The molecule has 39 heavy (non-hydrogen) atoms. The van der Waals surface area contributed by atoms with Crippen molar-refractivity contribution in [3.05, 3.63) is 35.9 Å². The summed E-state index contributed by atoms with van der Waals surface area (Å²) < 4.78 is 0. The number of rotatable bonds is 14. The Hall–Kier alpha value is -3.55. The van der Waals surface area contributed by atoms with Crippen LogP contribution in [0.25, 0.3) is 0 Å². The van der Waals surface area contributed by atoms with Crippen LogP contribution < -0.4 is 21.7 Å². The van der Waals surface area contributed by atoms with Gasteiger partial charge in [-0.25, -0.2) is 4.79 Å². The average Bonchev–Trinajstić information content (AvgIpc) is 3.40. The van der Waals surface area contributed by atoms with Crippen molar-refractivity contribution in [2.24, 2.45) is 11.7 Å². The van der Waals surface area contributed by atoms with Gasteiger partial charge < -0.3 is 41.9 Å². The molecule has 1 aromatic carbocycles. The third-order valence-corrected chi connectivity index (χ3v) is 6.41. The summed E-state index contributed by atoms with van der Waals surface area (Å²) >= 11 is 0. The molecule has 13 nitrogen and oxygen atoms in total. The highest BCUT2D eigenvalue weighted by Crippen LogP contribution is 2.19. The van der Waals surface area contributed by atoms with E-state index in [-0.39, 0.29) is 31.7 Å². The maximum Gasteiger partial charge on any atom is 0.326 e. The molecule has 2 rings (SSSR count). The number of hydrogen-bond donors (Lipinski definition) is 7. The number of likely N-dealkylation sites (tertiary alicyclic amines) is 1. The van der Waals surface area contributed by atoms with Crippen LogP contribution in [0.5, 0.6) is 0 Å². The normalized spacial score (nSPS) is 18.1. The Balaban J connectivity index is 2.10. The number of carbonyl (C=O) groups excluding carboxylic acids is 4. The lowest BCUT2D eigenvalue weighted by molar-refractivity contribution is -0.145. The minimum Gasteiger partial charge on any atom is -0.480 e. The molecule has 0 saturated carbocycles. The lowest BCUT2D eigenvalue weighted by Crippen LogP contribution is -2.59. The summed E-state index contributed by atoms with van der Waals surface area (Å²) in [5.41, 5.74) is 6.24. The fraction of sp³-hybridized carbons (Fsp3) is 0.577. The summed E-state index contributed by atoms with van der Waals surface area (Å²) in [6, 6.07) is 2.90. The monoisotopic (exact) mass is 549 g/mol. The van der Waals surface area contributed by atoms with E-state index in [1.807, 2.05) is 13.8 Å². The van der Waals surface area contributed by atoms with Gasteiger partial charge in [0.1, 0.15) is 30.2 Å². The first-order valence-electron chi connectivity index (χ1n) is 12.9. The second-order valence-corrected chi connectivity index (χ2v) is 10.0. The summed E-state index contributed by atoms with van der Waals surface area (Å²) in [4.78, 5) is 64.4. The molecule has 1 aliphatic heterocycles. The molecule has 1 fully saturated rings. The zero-order valence-corrected chi connectivity index (χ0v) is 22.2. The number of carboxylic acids is 1. The quantitative estimate of drug-likeness (QED) is 0.138. The number of aliphatic hydroxyl groups is 2. The van der Waals surface area contributed by atoms with Crippen molar-refractivity contribution in [1.82, 2.24) is 20.9 Å². The Morgan fingerprint density at radius 1 is 0.949 bits per heavy atom. The molecule has 0 radical (unpaired) electrons. The maximum absolute atomic E-state index is 13.3. The molecule has 216 valence electrons. The van der Waals surface area contributed by atoms with Crippen LogP contribution in [-0.2, 0) is 30.4 Å². The van der Waals surface area contributed by atoms with Gasteiger partial charge in [-0.3, -0.25) is 19.2 Å². The van der Waals surface area contributed by atoms with Crippen LogP contribution in [0.2, 0.25) is 0 Å². The number of nitrogens with two attached hydrogens (primary N) is 1. The molecule has 5 atom stereocenters. The maximum atomic E-state index is 13.3. The standard InChI is InChI=1S/C26H39N5O8/c1-15(2)11-18(28-22(34)17(27)13-32)23(35)30-20(14-33)25(37)31-10-6-9-21(31)24(36)29-19(26(38)39)12-16-7-4-3-5-8-16/h3-5,7-8,15,17-21,32-33H,6,9-14,27H2,1-2H3,(H,28,34)(H,29,36)(H,30,35)(H,38,39)/t17-,18-,19-,20-,21-/m0/s1. The van der Waals surface area contributed by atoms with Crippen molar-refractivity contribution >= 4 is 29.6 Å². The zero-order chi connectivity index (χ0) is 29.1. The van der Waals surface area contributed by atoms with E-state index in [4.69, 9.17) is 10.8 Å². The molecule has 0 spiro atoms. The summed E-state index contributed by atoms with van der Waals surface area (Å²) in [6.07, 6.45) is 1.01. The van der Waals surface area contributed by atoms with Crippen molar-refractivity contribution < 1.29 is 39.3 Å². The second-order valence-electron chi connectivity index (χ2n) is 10.0. The van der Waals surface area contributed by atoms with Crippen LogP contribution in [0.3, 0.4) is 0 Å². The highest BCUT2D eigenvalue weighted by Gasteiger charge is 2.39. The molecule has 0 aliphatic carbocycles. The van der Waals surface area contributed by atoms with E-state index in [0.29, 0.717) is 6.42 Å². The number of carboxylic acid groups (broad SMARTS) is 1. The van der Waals surface area contributed by atoms with E-state index in [2.05, 4.69) is 16.0 Å². The summed E-state index contributed by atoms with van der Waals surface area (Å²) in [5, 5.41) is 36.0. The molecule has 0 unspecified atom stereocenters. The molecule has 13 heteroatoms. The van der Waals surface area contributed by atoms with E-state index in [1.165, 1.54) is 4.90 Å². The van der Waals surface area contributed by atoms with Crippen LogP contribution in [-0.4, -0.2) is 99.8 Å². The van der Waals surface area contributed by atoms with Crippen molar-refractivity contribution in [3.8, 4) is 0 Å². The van der Waals surface area contributed by atoms with E-state index >= 15 is 0 Å². The Bertz CT molecular complexity index is 1010. The summed E-state index contributed by atoms with van der Waals surface area (Å²) in [5.74, 6) is -4.08. The van der Waals surface area contributed by atoms with Crippen LogP contribution >= 0.6 is 0 Å². The van der Waals surface area contributed by atoms with E-state index in [9.17, 15) is 34.2 Å². The van der Waals surface area contributed by atoms with Crippen LogP contribution in [0.15, 0.2) is 30.3 Å². The second kappa shape index (κ2) is 15.1. The fourth-order valence-corrected chi connectivity index (χ4v) is 4.34. The number of aliphatic carboxylic acids is 1. The zero-order valence-electron chi connectivity index (χ0n) is 22.2. The van der Waals surface area contributed by atoms with Crippen molar-refractivity contribution in [1.29, 1.82) is 0 Å². The lowest BCUT2D eigenvalue weighted by atomic mass is 10.0. The number of benzene rings is 1. The minimum atomic E-state index is -1.40. The van der Waals surface area contributed by atoms with Gasteiger partial charge in [0.05, 0.1) is 13.2 Å². The third-order valence-electron chi connectivity index (χ3n) is 6.41. The Kier molecular flexibility index (Phi) is 12.3. The predicted molar refractivity (Wildman–Crippen MR) is 140 cm³/mol. The highest BCUT2D eigenvalue weighted by molar-refractivity contribution is 5.95. The first-order valence-corrected chi connectivity index (χ1v) is 12.9. The lowest BCUT2D eigenvalue weighted by Gasteiger charge is -2.30. The number of nitrogens with one attached hydrogen (secondary N) is 3. The van der Waals surface area contributed by atoms with E-state index in [0.717, 1.165) is 5.56 Å². The van der Waals surface area contributed by atoms with Gasteiger partial charge in [-0.15, -0.1) is 0 Å². The van der Waals surface area contributed by atoms with E-state index < -0.39 is 73.0 Å². The smallest absolute Gasteiger partial charge is 0.326 e. The molecule has 4 amide bonds. The molecule has 1 heterocycles. The SMILES string of the molecule is CC(C)C[C@H](NC(=O)[C@@H](N)CO)C(=O)N[C@@H](CO)C(=O)N1CCC[C@H]1C(=O)N[C@@H](Cc1ccccc1)C(=O)O. The number of nitrogens with zero attached hydrogens (tertiary/aromatic N) is 1. The Morgan fingerprint density at radius 3 is 2.15 bits per heavy atom. The summed E-state index contributed by atoms with van der Waals surface area (Å²) in [6.45, 7) is 2.44. The van der Waals surface area contributed by atoms with Gasteiger partial charge in [0, 0.05) is 13.0 Å². The van der Waals surface area contributed by atoms with Gasteiger partial charge in [0.15, 0.2) is 0 Å². The Labute approximate surface area is 227 Å². The minimum absolute atomic E-state index is 0.0283. The third kappa shape index (κ3) is 9.30. The molecular weight excluding hydrogens is 510 g/mol. The summed E-state index contributed by atoms with van der Waals surface area (Å²) in [7, 11) is 0. The molecule has 1 aliphatic rings. The van der Waals surface area contributed by atoms with Gasteiger partial charge in [0.2, 0.25) is 23.6 Å². The molecule has 8 N–H and O–H groups in total. The van der Waals surface area contributed by atoms with Gasteiger partial charge >= 0.3 is 5.97 Å². The van der Waals surface area contributed by atoms with Gasteiger partial charge in [-0.2, -0.15) is 0 Å². The predicted octanol–water partition coefficient (Wildman–Crippen LogP) is -1.88. The first kappa shape index (κ1) is 31.7.